The van der Waals surface area contributed by atoms with Crippen LogP contribution in [0.1, 0.15) is 17.1 Å². The van der Waals surface area contributed by atoms with E-state index in [0.29, 0.717) is 37.5 Å². The largest absolute Gasteiger partial charge is 0.325 e. The lowest BCUT2D eigenvalue weighted by molar-refractivity contribution is 0.829. The van der Waals surface area contributed by atoms with E-state index in [1.807, 2.05) is 22.8 Å². The molecule has 0 bridgehead atoms. The van der Waals surface area contributed by atoms with Crippen molar-refractivity contribution in [1.29, 1.82) is 0 Å². The molecule has 0 aliphatic carbocycles. The van der Waals surface area contributed by atoms with Crippen LogP contribution < -0.4 is 11.2 Å². The van der Waals surface area contributed by atoms with Gasteiger partial charge in [0.25, 0.3) is 5.56 Å². The maximum atomic E-state index is 11.7. The summed E-state index contributed by atoms with van der Waals surface area (Å²) in [5.41, 5.74) is 1.06. The number of thioether (sulfide) groups is 1. The number of hydrogen-bond acceptors (Lipinski definition) is 5. The first-order valence-electron chi connectivity index (χ1n) is 8.98. The van der Waals surface area contributed by atoms with Crippen molar-refractivity contribution in [3.63, 3.8) is 0 Å². The molecule has 4 rings (SSSR count). The van der Waals surface area contributed by atoms with Gasteiger partial charge in [0, 0.05) is 44.7 Å². The van der Waals surface area contributed by atoms with Gasteiger partial charge in [0.05, 0.1) is 0 Å². The van der Waals surface area contributed by atoms with Crippen molar-refractivity contribution in [3.05, 3.63) is 102 Å². The van der Waals surface area contributed by atoms with E-state index in [-0.39, 0.29) is 6.42 Å². The number of halogens is 3. The first kappa shape index (κ1) is 21.7. The molecule has 0 radical (unpaired) electrons. The predicted octanol–water partition coefficient (Wildman–Crippen LogP) is 4.49. The number of nitrogens with one attached hydrogen (secondary N) is 2. The van der Waals surface area contributed by atoms with Crippen LogP contribution in [-0.2, 0) is 12.2 Å². The Hall–Kier alpha value is -2.52. The van der Waals surface area contributed by atoms with Gasteiger partial charge in [-0.2, -0.15) is 0 Å². The zero-order valence-electron chi connectivity index (χ0n) is 15.7. The van der Waals surface area contributed by atoms with Crippen molar-refractivity contribution in [3.8, 4) is 5.69 Å². The monoisotopic (exact) mass is 493 g/mol. The SMILES string of the molecule is O=c1cc(Cc2nnc(SCc3ccc(Cl)cc3Cl)n2-c2ccc(Cl)cc2)[nH]c(=O)[nH]1. The molecule has 11 heteroatoms. The number of aromatic nitrogens is 5. The van der Waals surface area contributed by atoms with E-state index in [4.69, 9.17) is 34.8 Å². The molecule has 4 aromatic rings. The highest BCUT2D eigenvalue weighted by molar-refractivity contribution is 7.98. The first-order chi connectivity index (χ1) is 14.9. The molecule has 0 fully saturated rings. The third-order valence-corrected chi connectivity index (χ3v) is 6.14. The average Bonchev–Trinajstić information content (AvgIpc) is 3.09. The second kappa shape index (κ2) is 9.32. The zero-order valence-corrected chi connectivity index (χ0v) is 18.8. The second-order valence-electron chi connectivity index (χ2n) is 6.52. The van der Waals surface area contributed by atoms with Crippen molar-refractivity contribution in [2.75, 3.05) is 0 Å². The Morgan fingerprint density at radius 1 is 0.903 bits per heavy atom. The third-order valence-electron chi connectivity index (χ3n) is 4.32. The van der Waals surface area contributed by atoms with E-state index in [1.54, 1.807) is 24.3 Å². The Morgan fingerprint density at radius 2 is 1.65 bits per heavy atom. The van der Waals surface area contributed by atoms with Gasteiger partial charge in [-0.25, -0.2) is 4.79 Å². The average molecular weight is 495 g/mol. The Bertz CT molecular complexity index is 1320. The molecule has 2 aromatic carbocycles. The van der Waals surface area contributed by atoms with Gasteiger partial charge < -0.3 is 4.98 Å². The van der Waals surface area contributed by atoms with Gasteiger partial charge in [0.15, 0.2) is 5.16 Å². The molecule has 0 atom stereocenters. The number of hydrogen-bond donors (Lipinski definition) is 2. The molecule has 0 amide bonds. The number of nitrogens with zero attached hydrogens (tertiary/aromatic N) is 3. The maximum absolute atomic E-state index is 11.7. The molecule has 7 nitrogen and oxygen atoms in total. The van der Waals surface area contributed by atoms with Crippen LogP contribution in [0.15, 0.2) is 63.3 Å². The van der Waals surface area contributed by atoms with Crippen molar-refractivity contribution < 1.29 is 0 Å². The summed E-state index contributed by atoms with van der Waals surface area (Å²) in [7, 11) is 0. The molecular formula is C20H14Cl3N5O2S. The van der Waals surface area contributed by atoms with Crippen LogP contribution >= 0.6 is 46.6 Å². The van der Waals surface area contributed by atoms with E-state index in [1.165, 1.54) is 17.8 Å². The van der Waals surface area contributed by atoms with Gasteiger partial charge in [-0.1, -0.05) is 52.6 Å². The molecule has 31 heavy (non-hydrogen) atoms. The lowest BCUT2D eigenvalue weighted by Crippen LogP contribution is -2.23. The lowest BCUT2D eigenvalue weighted by atomic mass is 10.2. The minimum Gasteiger partial charge on any atom is -0.311 e. The molecule has 2 heterocycles. The summed E-state index contributed by atoms with van der Waals surface area (Å²) in [4.78, 5) is 28.0. The Morgan fingerprint density at radius 3 is 2.35 bits per heavy atom. The second-order valence-corrected chi connectivity index (χ2v) is 8.75. The van der Waals surface area contributed by atoms with Crippen molar-refractivity contribution in [2.45, 2.75) is 17.3 Å². The highest BCUT2D eigenvalue weighted by Crippen LogP contribution is 2.30. The van der Waals surface area contributed by atoms with Crippen molar-refractivity contribution in [2.24, 2.45) is 0 Å². The van der Waals surface area contributed by atoms with Crippen molar-refractivity contribution >= 4 is 46.6 Å². The van der Waals surface area contributed by atoms with E-state index in [9.17, 15) is 9.59 Å². The van der Waals surface area contributed by atoms with Crippen molar-refractivity contribution in [1.82, 2.24) is 24.7 Å². The summed E-state index contributed by atoms with van der Waals surface area (Å²) in [6.45, 7) is 0. The van der Waals surface area contributed by atoms with Gasteiger partial charge in [-0.05, 0) is 42.0 Å². The topological polar surface area (TPSA) is 96.4 Å². The number of aromatic amines is 2. The van der Waals surface area contributed by atoms with Crippen LogP contribution in [0.2, 0.25) is 15.1 Å². The summed E-state index contributed by atoms with van der Waals surface area (Å²) in [5, 5.41) is 11.0. The van der Waals surface area contributed by atoms with E-state index >= 15 is 0 Å². The number of rotatable bonds is 6. The van der Waals surface area contributed by atoms with E-state index < -0.39 is 11.2 Å². The van der Waals surface area contributed by atoms with Gasteiger partial charge in [-0.3, -0.25) is 14.3 Å². The smallest absolute Gasteiger partial charge is 0.311 e. The molecule has 0 aliphatic rings. The fourth-order valence-corrected chi connectivity index (χ4v) is 4.58. The molecule has 0 unspecified atom stereocenters. The molecule has 2 N–H and O–H groups in total. The summed E-state index contributed by atoms with van der Waals surface area (Å²) in [6.07, 6.45) is 0.205. The summed E-state index contributed by atoms with van der Waals surface area (Å²) >= 11 is 19.8. The maximum Gasteiger partial charge on any atom is 0.325 e. The van der Waals surface area contributed by atoms with Crippen LogP contribution in [0.3, 0.4) is 0 Å². The third kappa shape index (κ3) is 5.22. The minimum absolute atomic E-state index is 0.205. The van der Waals surface area contributed by atoms with Crippen LogP contribution in [0, 0.1) is 0 Å². The normalized spacial score (nSPS) is 11.1. The first-order valence-corrected chi connectivity index (χ1v) is 11.1. The van der Waals surface area contributed by atoms with E-state index in [2.05, 4.69) is 20.2 Å². The minimum atomic E-state index is -0.577. The zero-order chi connectivity index (χ0) is 22.0. The molecule has 0 saturated carbocycles. The highest BCUT2D eigenvalue weighted by atomic mass is 35.5. The van der Waals surface area contributed by atoms with E-state index in [0.717, 1.165) is 11.3 Å². The summed E-state index contributed by atoms with van der Waals surface area (Å²) < 4.78 is 1.85. The fraction of sp³-hybridized carbons (Fsp3) is 0.100. The Balaban J connectivity index is 1.70. The molecular weight excluding hydrogens is 481 g/mol. The fourth-order valence-electron chi connectivity index (χ4n) is 2.92. The number of H-pyrrole nitrogens is 2. The highest BCUT2D eigenvalue weighted by Gasteiger charge is 2.16. The quantitative estimate of drug-likeness (QED) is 0.385. The van der Waals surface area contributed by atoms with Crippen LogP contribution in [0.5, 0.6) is 0 Å². The standard InChI is InChI=1S/C20H14Cl3N5O2S/c21-12-3-5-15(6-4-12)28-17(8-14-9-18(29)25-19(30)24-14)26-27-20(28)31-10-11-1-2-13(22)7-16(11)23/h1-7,9H,8,10H2,(H2,24,25,29,30). The van der Waals surface area contributed by atoms with Crippen LogP contribution in [-0.4, -0.2) is 24.7 Å². The Labute approximate surface area is 195 Å². The van der Waals surface area contributed by atoms with Gasteiger partial charge in [0.2, 0.25) is 0 Å². The molecule has 0 spiro atoms. The van der Waals surface area contributed by atoms with Crippen LogP contribution in [0.4, 0.5) is 0 Å². The molecule has 158 valence electrons. The summed E-state index contributed by atoms with van der Waals surface area (Å²) in [5.74, 6) is 1.09. The number of benzene rings is 2. The van der Waals surface area contributed by atoms with Gasteiger partial charge >= 0.3 is 5.69 Å². The summed E-state index contributed by atoms with van der Waals surface area (Å²) in [6, 6.07) is 13.9. The van der Waals surface area contributed by atoms with Crippen LogP contribution in [0.25, 0.3) is 5.69 Å². The van der Waals surface area contributed by atoms with Gasteiger partial charge in [0.1, 0.15) is 5.82 Å². The lowest BCUT2D eigenvalue weighted by Gasteiger charge is -2.11. The predicted molar refractivity (Wildman–Crippen MR) is 123 cm³/mol. The van der Waals surface area contributed by atoms with Gasteiger partial charge in [-0.15, -0.1) is 10.2 Å². The Kier molecular flexibility index (Phi) is 6.52. The molecule has 0 saturated heterocycles. The molecule has 2 aromatic heterocycles. The molecule has 0 aliphatic heterocycles.